The molecule has 0 N–H and O–H groups in total. The Balaban J connectivity index is -0.000000225. The molecule has 0 aliphatic rings. The van der Waals surface area contributed by atoms with Crippen LogP contribution in [0.25, 0.3) is 0 Å². The van der Waals surface area contributed by atoms with Crippen LogP contribution in [0.5, 0.6) is 0 Å². The monoisotopic (exact) mass is 608 g/mol. The van der Waals surface area contributed by atoms with Crippen LogP contribution >= 0.6 is 0 Å². The third-order valence-electron chi connectivity index (χ3n) is 4.80. The zero-order valence-electron chi connectivity index (χ0n) is 30.9. The number of aromatic nitrogens is 7. The predicted octanol–water partition coefficient (Wildman–Crippen LogP) is 11.1. The molecule has 0 saturated carbocycles. The Kier molecular flexibility index (Phi) is 38.3. The smallest absolute Gasteiger partial charge is 0.130 e. The van der Waals surface area contributed by atoms with Gasteiger partial charge in [-0.05, 0) is 41.5 Å². The first-order valence-electron chi connectivity index (χ1n) is 16.4. The molecule has 0 fully saturated rings. The summed E-state index contributed by atoms with van der Waals surface area (Å²) in [5.41, 5.74) is 3.41. The minimum atomic E-state index is 0.436. The van der Waals surface area contributed by atoms with Crippen LogP contribution in [0.4, 0.5) is 0 Å². The molecule has 0 aliphatic heterocycles. The van der Waals surface area contributed by atoms with Gasteiger partial charge in [-0.1, -0.05) is 117 Å². The van der Waals surface area contributed by atoms with E-state index < -0.39 is 0 Å². The summed E-state index contributed by atoms with van der Waals surface area (Å²) in [6.45, 7) is 32.9. The highest BCUT2D eigenvalue weighted by Gasteiger charge is 1.98. The van der Waals surface area contributed by atoms with E-state index in [1.807, 2.05) is 98.2 Å². The molecule has 44 heavy (non-hydrogen) atoms. The predicted molar refractivity (Wildman–Crippen MR) is 192 cm³/mol. The van der Waals surface area contributed by atoms with Gasteiger partial charge in [-0.25, -0.2) is 19.9 Å². The van der Waals surface area contributed by atoms with Gasteiger partial charge in [0, 0.05) is 61.2 Å². The molecule has 0 aromatic carbocycles. The highest BCUT2D eigenvalue weighted by Crippen LogP contribution is 2.10. The Morgan fingerprint density at radius 3 is 1.16 bits per heavy atom. The fraction of sp³-hybridized carbons (Fsp3) is 0.541. The summed E-state index contributed by atoms with van der Waals surface area (Å²) in [5, 5.41) is 0. The summed E-state index contributed by atoms with van der Waals surface area (Å²) in [6.07, 6.45) is 15.8. The molecule has 4 heterocycles. The van der Waals surface area contributed by atoms with Gasteiger partial charge in [0.15, 0.2) is 0 Å². The van der Waals surface area contributed by atoms with Gasteiger partial charge in [-0.15, -0.1) is 0 Å². The third-order valence-corrected chi connectivity index (χ3v) is 4.80. The van der Waals surface area contributed by atoms with Gasteiger partial charge >= 0.3 is 0 Å². The maximum absolute atomic E-state index is 4.18. The van der Waals surface area contributed by atoms with Crippen molar-refractivity contribution >= 4 is 0 Å². The molecule has 248 valence electrons. The number of nitrogens with zero attached hydrogens (tertiary/aromatic N) is 7. The van der Waals surface area contributed by atoms with Crippen molar-refractivity contribution < 1.29 is 0 Å². The van der Waals surface area contributed by atoms with E-state index in [9.17, 15) is 0 Å². The summed E-state index contributed by atoms with van der Waals surface area (Å²) in [6, 6.07) is 7.82. The topological polar surface area (TPSA) is 90.2 Å². The number of hydrogen-bond donors (Lipinski definition) is 0. The maximum atomic E-state index is 4.18. The molecule has 0 bridgehead atoms. The molecular weight excluding hydrogens is 542 g/mol. The summed E-state index contributed by atoms with van der Waals surface area (Å²) in [5.74, 6) is 2.92. The van der Waals surface area contributed by atoms with Crippen LogP contribution in [0.1, 0.15) is 157 Å². The van der Waals surface area contributed by atoms with E-state index in [1.165, 1.54) is 5.56 Å². The second-order valence-corrected chi connectivity index (χ2v) is 9.28. The molecule has 0 unspecified atom stereocenters. The number of pyridine rings is 1. The van der Waals surface area contributed by atoms with Crippen molar-refractivity contribution in [3.05, 3.63) is 103 Å². The zero-order valence-corrected chi connectivity index (χ0v) is 30.9. The van der Waals surface area contributed by atoms with Crippen LogP contribution in [-0.2, 0) is 0 Å². The molecule has 7 heteroatoms. The van der Waals surface area contributed by atoms with Crippen LogP contribution in [0.15, 0.2) is 80.2 Å². The minimum absolute atomic E-state index is 0.436. The second kappa shape index (κ2) is 35.6. The fourth-order valence-corrected chi connectivity index (χ4v) is 2.54. The van der Waals surface area contributed by atoms with E-state index in [1.54, 1.807) is 37.3 Å². The van der Waals surface area contributed by atoms with Gasteiger partial charge in [0.1, 0.15) is 12.2 Å². The average Bonchev–Trinajstić information content (AvgIpc) is 3.11. The summed E-state index contributed by atoms with van der Waals surface area (Å²) >= 11 is 0. The molecule has 4 aromatic heterocycles. The molecule has 0 aliphatic carbocycles. The Hall–Kier alpha value is -3.61. The van der Waals surface area contributed by atoms with Gasteiger partial charge in [-0.2, -0.15) is 0 Å². The van der Waals surface area contributed by atoms with Crippen LogP contribution < -0.4 is 0 Å². The minimum Gasteiger partial charge on any atom is -0.261 e. The fourth-order valence-electron chi connectivity index (χ4n) is 2.54. The summed E-state index contributed by atoms with van der Waals surface area (Å²) in [4.78, 5) is 28.2. The van der Waals surface area contributed by atoms with Gasteiger partial charge < -0.3 is 0 Å². The molecule has 0 amide bonds. The first kappa shape index (κ1) is 47.3. The Morgan fingerprint density at radius 1 is 0.409 bits per heavy atom. The van der Waals surface area contributed by atoms with Gasteiger partial charge in [0.25, 0.3) is 0 Å². The lowest BCUT2D eigenvalue weighted by Crippen LogP contribution is -1.93. The van der Waals surface area contributed by atoms with E-state index in [0.29, 0.717) is 23.7 Å². The number of hydrogen-bond acceptors (Lipinski definition) is 7. The Labute approximate surface area is 271 Å². The van der Waals surface area contributed by atoms with E-state index in [0.717, 1.165) is 17.2 Å². The Morgan fingerprint density at radius 2 is 0.886 bits per heavy atom. The van der Waals surface area contributed by atoms with Crippen molar-refractivity contribution in [1.82, 2.24) is 34.9 Å². The van der Waals surface area contributed by atoms with E-state index in [-0.39, 0.29) is 0 Å². The lowest BCUT2D eigenvalue weighted by Gasteiger charge is -2.00. The second-order valence-electron chi connectivity index (χ2n) is 9.28. The molecule has 0 radical (unpaired) electrons. The average molecular weight is 608 g/mol. The standard InChI is InChI=1S/C8H11N.3C7H10N2.4C2H6/c1-7(2)8-5-3-4-6-9-8;1-6(2)7-3-8-5-9-4-7;1-6(2)7-5-8-3-4-9-7;1-6(2)7-8-4-3-5-9-7;4*1-2/h3-7H,1-2H3;3*3-6H,1-2H3;4*1-2H3. The van der Waals surface area contributed by atoms with E-state index in [4.69, 9.17) is 0 Å². The van der Waals surface area contributed by atoms with E-state index in [2.05, 4.69) is 90.3 Å². The van der Waals surface area contributed by atoms with Gasteiger partial charge in [0.05, 0.1) is 5.69 Å². The molecule has 0 spiro atoms. The lowest BCUT2D eigenvalue weighted by molar-refractivity contribution is 0.774. The normalized spacial score (nSPS) is 8.82. The number of rotatable bonds is 4. The SMILES string of the molecule is CC.CC.CC.CC.CC(C)c1ccccn1.CC(C)c1cnccn1.CC(C)c1cncnc1.CC(C)c1ncccn1. The first-order valence-corrected chi connectivity index (χ1v) is 16.4. The largest absolute Gasteiger partial charge is 0.261 e. The summed E-state index contributed by atoms with van der Waals surface area (Å²) < 4.78 is 0. The van der Waals surface area contributed by atoms with Crippen LogP contribution in [0.3, 0.4) is 0 Å². The highest BCUT2D eigenvalue weighted by atomic mass is 14.9. The van der Waals surface area contributed by atoms with Crippen molar-refractivity contribution in [3.63, 3.8) is 0 Å². The molecule has 0 atom stereocenters. The lowest BCUT2D eigenvalue weighted by atomic mass is 10.1. The Bertz CT molecular complexity index is 852. The van der Waals surface area contributed by atoms with Crippen molar-refractivity contribution in [3.8, 4) is 0 Å². The van der Waals surface area contributed by atoms with Crippen molar-refractivity contribution in [1.29, 1.82) is 0 Å². The van der Waals surface area contributed by atoms with Crippen molar-refractivity contribution in [2.45, 2.75) is 134 Å². The first-order chi connectivity index (χ1) is 21.2. The van der Waals surface area contributed by atoms with Crippen LogP contribution in [0.2, 0.25) is 0 Å². The van der Waals surface area contributed by atoms with Crippen molar-refractivity contribution in [2.75, 3.05) is 0 Å². The molecule has 4 aromatic rings. The van der Waals surface area contributed by atoms with Gasteiger partial charge in [-0.3, -0.25) is 15.0 Å². The molecular formula is C37H65N7. The zero-order chi connectivity index (χ0) is 34.8. The highest BCUT2D eigenvalue weighted by molar-refractivity contribution is 5.07. The maximum Gasteiger partial charge on any atom is 0.130 e. The van der Waals surface area contributed by atoms with Crippen LogP contribution in [-0.4, -0.2) is 34.9 Å². The van der Waals surface area contributed by atoms with Gasteiger partial charge in [0.2, 0.25) is 0 Å². The van der Waals surface area contributed by atoms with E-state index >= 15 is 0 Å². The quantitative estimate of drug-likeness (QED) is 0.228. The van der Waals surface area contributed by atoms with Crippen LogP contribution in [0, 0.1) is 0 Å². The molecule has 7 nitrogen and oxygen atoms in total. The van der Waals surface area contributed by atoms with Crippen molar-refractivity contribution in [2.24, 2.45) is 0 Å². The molecule has 0 saturated heterocycles. The molecule has 4 rings (SSSR count). The summed E-state index contributed by atoms with van der Waals surface area (Å²) in [7, 11) is 0. The third kappa shape index (κ3) is 27.2.